The maximum Gasteiger partial charge on any atom is 0.404 e. The lowest BCUT2D eigenvalue weighted by atomic mass is 9.41. The number of fused-ring (bicyclic) bond motifs is 5. The molecular formula is C26H45NO4. The first kappa shape index (κ1) is 23.4. The number of aliphatic hydroxyl groups is 2. The number of amides is 1. The van der Waals surface area contributed by atoms with Gasteiger partial charge in [0, 0.05) is 0 Å². The SMILES string of the molecule is CC[C@@H]1C2C[C@H](O)CC[C@@]2(C)[C@H]2CCC3(C)C(C(C)CCOC(N)=O)CC[C@H]3C2[C@@H]1O. The normalized spacial score (nSPS) is 50.1. The Bertz CT molecular complexity index is 670. The van der Waals surface area contributed by atoms with E-state index in [1.807, 2.05) is 0 Å². The van der Waals surface area contributed by atoms with Crippen LogP contribution in [0.4, 0.5) is 4.79 Å². The summed E-state index contributed by atoms with van der Waals surface area (Å²) in [4.78, 5) is 11.0. The molecule has 0 radical (unpaired) electrons. The van der Waals surface area contributed by atoms with E-state index in [0.29, 0.717) is 48.0 Å². The molecule has 178 valence electrons. The van der Waals surface area contributed by atoms with Crippen molar-refractivity contribution >= 4 is 6.09 Å². The number of primary amides is 1. The maximum atomic E-state index is 11.7. The van der Waals surface area contributed by atoms with Crippen LogP contribution in [0.1, 0.15) is 85.5 Å². The first-order valence-corrected chi connectivity index (χ1v) is 12.9. The van der Waals surface area contributed by atoms with Crippen molar-refractivity contribution in [1.82, 2.24) is 0 Å². The van der Waals surface area contributed by atoms with Gasteiger partial charge in [0.05, 0.1) is 18.8 Å². The Morgan fingerprint density at radius 2 is 1.74 bits per heavy atom. The standard InChI is InChI=1S/C26H45NO4/c1-5-17-21-14-16(28)8-11-26(21,4)20-9-12-25(3)18(15(2)10-13-31-24(27)30)6-7-19(25)22(20)23(17)29/h15-23,28-29H,5-14H2,1-4H3,(H2,27,30)/t15?,16-,17-,18?,19+,20+,21?,22?,23-,25?,26+/m1/s1. The summed E-state index contributed by atoms with van der Waals surface area (Å²) in [6.45, 7) is 9.93. The van der Waals surface area contributed by atoms with E-state index in [1.54, 1.807) is 0 Å². The summed E-state index contributed by atoms with van der Waals surface area (Å²) < 4.78 is 5.03. The fourth-order valence-corrected chi connectivity index (χ4v) is 9.48. The average Bonchev–Trinajstić information content (AvgIpc) is 3.06. The molecule has 4 N–H and O–H groups in total. The Morgan fingerprint density at radius 1 is 1.06 bits per heavy atom. The first-order chi connectivity index (χ1) is 14.6. The zero-order valence-electron chi connectivity index (χ0n) is 20.1. The zero-order valence-corrected chi connectivity index (χ0v) is 20.1. The van der Waals surface area contributed by atoms with E-state index in [-0.39, 0.29) is 23.0 Å². The van der Waals surface area contributed by atoms with Gasteiger partial charge in [-0.25, -0.2) is 4.79 Å². The van der Waals surface area contributed by atoms with Crippen LogP contribution in [0.15, 0.2) is 0 Å². The summed E-state index contributed by atoms with van der Waals surface area (Å²) in [6, 6.07) is 0. The van der Waals surface area contributed by atoms with Crippen molar-refractivity contribution in [3.05, 3.63) is 0 Å². The number of hydrogen-bond donors (Lipinski definition) is 3. The molecule has 0 aromatic rings. The lowest BCUT2D eigenvalue weighted by molar-refractivity contribution is -0.203. The summed E-state index contributed by atoms with van der Waals surface area (Å²) in [7, 11) is 0. The topological polar surface area (TPSA) is 92.8 Å². The molecule has 31 heavy (non-hydrogen) atoms. The van der Waals surface area contributed by atoms with E-state index in [1.165, 1.54) is 25.7 Å². The van der Waals surface area contributed by atoms with Gasteiger partial charge in [-0.05, 0) is 104 Å². The number of carbonyl (C=O) groups is 1. The van der Waals surface area contributed by atoms with Crippen LogP contribution >= 0.6 is 0 Å². The van der Waals surface area contributed by atoms with Crippen molar-refractivity contribution in [2.75, 3.05) is 6.61 Å². The molecule has 0 heterocycles. The molecule has 0 bridgehead atoms. The predicted octanol–water partition coefficient (Wildman–Crippen LogP) is 4.73. The molecule has 5 unspecified atom stereocenters. The van der Waals surface area contributed by atoms with Crippen molar-refractivity contribution < 1.29 is 19.7 Å². The van der Waals surface area contributed by atoms with Gasteiger partial charge in [0.1, 0.15) is 0 Å². The van der Waals surface area contributed by atoms with Crippen molar-refractivity contribution in [3.8, 4) is 0 Å². The van der Waals surface area contributed by atoms with Crippen LogP contribution in [0.5, 0.6) is 0 Å². The molecule has 4 saturated carbocycles. The van der Waals surface area contributed by atoms with Gasteiger partial charge in [-0.2, -0.15) is 0 Å². The fraction of sp³-hybridized carbons (Fsp3) is 0.962. The van der Waals surface area contributed by atoms with Crippen LogP contribution in [0, 0.1) is 52.3 Å². The Morgan fingerprint density at radius 3 is 2.42 bits per heavy atom. The fourth-order valence-electron chi connectivity index (χ4n) is 9.48. The summed E-state index contributed by atoms with van der Waals surface area (Å²) in [5.74, 6) is 3.40. The first-order valence-electron chi connectivity index (χ1n) is 12.9. The third kappa shape index (κ3) is 3.72. The minimum Gasteiger partial charge on any atom is -0.450 e. The minimum atomic E-state index is -0.681. The van der Waals surface area contributed by atoms with Gasteiger partial charge < -0.3 is 20.7 Å². The van der Waals surface area contributed by atoms with E-state index in [0.717, 1.165) is 32.1 Å². The summed E-state index contributed by atoms with van der Waals surface area (Å²) >= 11 is 0. The Hall–Kier alpha value is -0.810. The molecular weight excluding hydrogens is 390 g/mol. The molecule has 5 nitrogen and oxygen atoms in total. The van der Waals surface area contributed by atoms with Crippen LogP contribution in [0.25, 0.3) is 0 Å². The molecule has 0 spiro atoms. The summed E-state index contributed by atoms with van der Waals surface area (Å²) in [5.41, 5.74) is 5.66. The lowest BCUT2D eigenvalue weighted by Gasteiger charge is -2.64. The Labute approximate surface area is 188 Å². The molecule has 11 atom stereocenters. The zero-order chi connectivity index (χ0) is 22.6. The molecule has 0 aromatic heterocycles. The van der Waals surface area contributed by atoms with Crippen molar-refractivity contribution in [2.45, 2.75) is 97.7 Å². The van der Waals surface area contributed by atoms with Crippen molar-refractivity contribution in [3.63, 3.8) is 0 Å². The van der Waals surface area contributed by atoms with Crippen LogP contribution in [0.3, 0.4) is 0 Å². The van der Waals surface area contributed by atoms with Gasteiger partial charge in [0.15, 0.2) is 0 Å². The second kappa shape index (κ2) is 8.52. The average molecular weight is 436 g/mol. The number of ether oxygens (including phenoxy) is 1. The number of aliphatic hydroxyl groups excluding tert-OH is 2. The van der Waals surface area contributed by atoms with Crippen LogP contribution in [-0.2, 0) is 4.74 Å². The molecule has 4 rings (SSSR count). The highest BCUT2D eigenvalue weighted by atomic mass is 16.5. The van der Waals surface area contributed by atoms with E-state index in [4.69, 9.17) is 10.5 Å². The number of nitrogens with two attached hydrogens (primary N) is 1. The largest absolute Gasteiger partial charge is 0.450 e. The molecule has 1 amide bonds. The number of hydrogen-bond acceptors (Lipinski definition) is 4. The molecule has 0 aromatic carbocycles. The van der Waals surface area contributed by atoms with Crippen molar-refractivity contribution in [1.29, 1.82) is 0 Å². The maximum absolute atomic E-state index is 11.7. The highest BCUT2D eigenvalue weighted by molar-refractivity contribution is 5.64. The molecule has 0 aliphatic heterocycles. The highest BCUT2D eigenvalue weighted by Gasteiger charge is 2.64. The van der Waals surface area contributed by atoms with Gasteiger partial charge >= 0.3 is 6.09 Å². The minimum absolute atomic E-state index is 0.191. The molecule has 4 fully saturated rings. The smallest absolute Gasteiger partial charge is 0.404 e. The van der Waals surface area contributed by atoms with Crippen LogP contribution in [0.2, 0.25) is 0 Å². The number of carbonyl (C=O) groups excluding carboxylic acids is 1. The third-order valence-electron chi connectivity index (χ3n) is 11.0. The van der Waals surface area contributed by atoms with E-state index in [9.17, 15) is 15.0 Å². The van der Waals surface area contributed by atoms with Gasteiger partial charge in [0.2, 0.25) is 0 Å². The molecule has 0 saturated heterocycles. The quantitative estimate of drug-likeness (QED) is 0.582. The van der Waals surface area contributed by atoms with E-state index in [2.05, 4.69) is 27.7 Å². The van der Waals surface area contributed by atoms with Crippen LogP contribution in [-0.4, -0.2) is 35.1 Å². The second-order valence-corrected chi connectivity index (χ2v) is 12.1. The molecule has 4 aliphatic rings. The van der Waals surface area contributed by atoms with E-state index >= 15 is 0 Å². The van der Waals surface area contributed by atoms with Gasteiger partial charge in [-0.15, -0.1) is 0 Å². The predicted molar refractivity (Wildman–Crippen MR) is 121 cm³/mol. The van der Waals surface area contributed by atoms with E-state index < -0.39 is 6.09 Å². The Kier molecular flexibility index (Phi) is 6.42. The van der Waals surface area contributed by atoms with Gasteiger partial charge in [-0.3, -0.25) is 0 Å². The monoisotopic (exact) mass is 435 g/mol. The second-order valence-electron chi connectivity index (χ2n) is 12.1. The van der Waals surface area contributed by atoms with Gasteiger partial charge in [-0.1, -0.05) is 34.1 Å². The van der Waals surface area contributed by atoms with Gasteiger partial charge in [0.25, 0.3) is 0 Å². The molecule has 5 heteroatoms. The third-order valence-corrected chi connectivity index (χ3v) is 11.0. The lowest BCUT2D eigenvalue weighted by Crippen LogP contribution is -2.62. The number of rotatable bonds is 5. The summed E-state index contributed by atoms with van der Waals surface area (Å²) in [6.07, 6.45) is 8.52. The summed E-state index contributed by atoms with van der Waals surface area (Å²) in [5, 5.41) is 22.2. The van der Waals surface area contributed by atoms with Crippen LogP contribution < -0.4 is 5.73 Å². The van der Waals surface area contributed by atoms with Crippen molar-refractivity contribution in [2.24, 2.45) is 58.0 Å². The Balaban J connectivity index is 1.57. The molecule has 4 aliphatic carbocycles. The highest BCUT2D eigenvalue weighted by Crippen LogP contribution is 2.69.